The monoisotopic (exact) mass is 233 g/mol. The summed E-state index contributed by atoms with van der Waals surface area (Å²) in [4.78, 5) is 0. The minimum atomic E-state index is 0.419. The average Bonchev–Trinajstić information content (AvgIpc) is 2.75. The number of nitrogens with one attached hydrogen (secondary N) is 1. The molecule has 0 saturated carbocycles. The number of hydrogen-bond donors (Lipinski definition) is 1. The van der Waals surface area contributed by atoms with E-state index in [9.17, 15) is 0 Å². The lowest BCUT2D eigenvalue weighted by Crippen LogP contribution is -2.28. The summed E-state index contributed by atoms with van der Waals surface area (Å²) in [5, 5.41) is 3.65. The van der Waals surface area contributed by atoms with Gasteiger partial charge in [-0.1, -0.05) is 25.5 Å². The fourth-order valence-electron chi connectivity index (χ4n) is 2.52. The third-order valence-electron chi connectivity index (χ3n) is 3.47. The SMILES string of the molecule is CCCC(C)NC(C)c1ccc2c(c1)CCO2. The first kappa shape index (κ1) is 12.4. The third kappa shape index (κ3) is 3.01. The Bertz CT molecular complexity index is 375. The van der Waals surface area contributed by atoms with E-state index in [0.717, 1.165) is 18.8 Å². The Balaban J connectivity index is 2.01. The van der Waals surface area contributed by atoms with Crippen molar-refractivity contribution < 1.29 is 4.74 Å². The lowest BCUT2D eigenvalue weighted by Gasteiger charge is -2.20. The molecule has 2 nitrogen and oxygen atoms in total. The van der Waals surface area contributed by atoms with E-state index >= 15 is 0 Å². The van der Waals surface area contributed by atoms with E-state index in [1.165, 1.54) is 24.0 Å². The second-order valence-electron chi connectivity index (χ2n) is 5.04. The molecular weight excluding hydrogens is 210 g/mol. The largest absolute Gasteiger partial charge is 0.493 e. The van der Waals surface area contributed by atoms with Gasteiger partial charge < -0.3 is 10.1 Å². The van der Waals surface area contributed by atoms with E-state index < -0.39 is 0 Å². The number of fused-ring (bicyclic) bond motifs is 1. The molecule has 2 heteroatoms. The molecule has 0 aliphatic carbocycles. The number of rotatable bonds is 5. The minimum Gasteiger partial charge on any atom is -0.493 e. The molecule has 2 rings (SSSR count). The Hall–Kier alpha value is -1.02. The van der Waals surface area contributed by atoms with Crippen LogP contribution in [0.15, 0.2) is 18.2 Å². The van der Waals surface area contributed by atoms with Gasteiger partial charge in [-0.15, -0.1) is 0 Å². The second-order valence-corrected chi connectivity index (χ2v) is 5.04. The van der Waals surface area contributed by atoms with Crippen molar-refractivity contribution in [1.82, 2.24) is 5.32 Å². The van der Waals surface area contributed by atoms with E-state index in [2.05, 4.69) is 44.3 Å². The van der Waals surface area contributed by atoms with Crippen molar-refractivity contribution in [3.05, 3.63) is 29.3 Å². The van der Waals surface area contributed by atoms with Gasteiger partial charge in [0.15, 0.2) is 0 Å². The molecule has 94 valence electrons. The minimum absolute atomic E-state index is 0.419. The standard InChI is InChI=1S/C15H23NO/c1-4-5-11(2)16-12(3)13-6-7-15-14(10-13)8-9-17-15/h6-7,10-12,16H,4-5,8-9H2,1-3H3. The molecule has 1 aromatic carbocycles. The summed E-state index contributed by atoms with van der Waals surface area (Å²) in [5.41, 5.74) is 2.73. The van der Waals surface area contributed by atoms with Gasteiger partial charge in [0, 0.05) is 18.5 Å². The third-order valence-corrected chi connectivity index (χ3v) is 3.47. The van der Waals surface area contributed by atoms with E-state index in [-0.39, 0.29) is 0 Å². The molecule has 1 heterocycles. The van der Waals surface area contributed by atoms with Crippen molar-refractivity contribution in [2.24, 2.45) is 0 Å². The maximum atomic E-state index is 5.53. The first-order valence-electron chi connectivity index (χ1n) is 6.72. The normalized spacial score (nSPS) is 17.4. The molecule has 0 radical (unpaired) electrons. The van der Waals surface area contributed by atoms with Crippen LogP contribution in [0.3, 0.4) is 0 Å². The number of benzene rings is 1. The summed E-state index contributed by atoms with van der Waals surface area (Å²) in [7, 11) is 0. The fraction of sp³-hybridized carbons (Fsp3) is 0.600. The molecule has 2 unspecified atom stereocenters. The van der Waals surface area contributed by atoms with E-state index in [0.29, 0.717) is 12.1 Å². The van der Waals surface area contributed by atoms with E-state index in [4.69, 9.17) is 4.74 Å². The van der Waals surface area contributed by atoms with Crippen molar-refractivity contribution in [3.8, 4) is 5.75 Å². The van der Waals surface area contributed by atoms with Crippen LogP contribution in [0.2, 0.25) is 0 Å². The molecular formula is C15H23NO. The van der Waals surface area contributed by atoms with Gasteiger partial charge in [-0.2, -0.15) is 0 Å². The van der Waals surface area contributed by atoms with Crippen molar-refractivity contribution in [1.29, 1.82) is 0 Å². The molecule has 0 spiro atoms. The van der Waals surface area contributed by atoms with Crippen molar-refractivity contribution >= 4 is 0 Å². The van der Waals surface area contributed by atoms with Crippen LogP contribution >= 0.6 is 0 Å². The summed E-state index contributed by atoms with van der Waals surface area (Å²) in [6.07, 6.45) is 3.53. The van der Waals surface area contributed by atoms with Gasteiger partial charge in [-0.3, -0.25) is 0 Å². The molecule has 1 aliphatic heterocycles. The van der Waals surface area contributed by atoms with Gasteiger partial charge >= 0.3 is 0 Å². The number of ether oxygens (including phenoxy) is 1. The lowest BCUT2D eigenvalue weighted by atomic mass is 10.0. The Labute approximate surface area is 104 Å². The molecule has 0 fully saturated rings. The lowest BCUT2D eigenvalue weighted by molar-refractivity contribution is 0.356. The van der Waals surface area contributed by atoms with E-state index in [1.807, 2.05) is 0 Å². The van der Waals surface area contributed by atoms with Crippen LogP contribution in [-0.4, -0.2) is 12.6 Å². The van der Waals surface area contributed by atoms with Gasteiger partial charge in [0.05, 0.1) is 6.61 Å². The number of hydrogen-bond acceptors (Lipinski definition) is 2. The molecule has 0 amide bonds. The quantitative estimate of drug-likeness (QED) is 0.841. The molecule has 17 heavy (non-hydrogen) atoms. The van der Waals surface area contributed by atoms with Gasteiger partial charge in [-0.05, 0) is 37.5 Å². The zero-order chi connectivity index (χ0) is 12.3. The Morgan fingerprint density at radius 3 is 2.94 bits per heavy atom. The molecule has 0 bridgehead atoms. The smallest absolute Gasteiger partial charge is 0.122 e. The highest BCUT2D eigenvalue weighted by atomic mass is 16.5. The molecule has 1 aromatic rings. The zero-order valence-corrected chi connectivity index (χ0v) is 11.1. The highest BCUT2D eigenvalue weighted by Gasteiger charge is 2.15. The first-order chi connectivity index (χ1) is 8.20. The predicted molar refractivity (Wildman–Crippen MR) is 71.6 cm³/mol. The van der Waals surface area contributed by atoms with E-state index in [1.54, 1.807) is 0 Å². The Morgan fingerprint density at radius 1 is 1.35 bits per heavy atom. The second kappa shape index (κ2) is 5.54. The van der Waals surface area contributed by atoms with Crippen molar-refractivity contribution in [2.75, 3.05) is 6.61 Å². The van der Waals surface area contributed by atoms with Crippen LogP contribution in [0, 0.1) is 0 Å². The van der Waals surface area contributed by atoms with Crippen LogP contribution in [0.25, 0.3) is 0 Å². The van der Waals surface area contributed by atoms with Crippen LogP contribution in [0.4, 0.5) is 0 Å². The fourth-order valence-corrected chi connectivity index (χ4v) is 2.52. The van der Waals surface area contributed by atoms with Crippen LogP contribution in [0.1, 0.15) is 50.8 Å². The zero-order valence-electron chi connectivity index (χ0n) is 11.1. The molecule has 0 saturated heterocycles. The molecule has 1 aliphatic rings. The summed E-state index contributed by atoms with van der Waals surface area (Å²) in [6, 6.07) is 7.58. The van der Waals surface area contributed by atoms with Gasteiger partial charge in [0.25, 0.3) is 0 Å². The summed E-state index contributed by atoms with van der Waals surface area (Å²) in [5.74, 6) is 1.07. The summed E-state index contributed by atoms with van der Waals surface area (Å²) in [6.45, 7) is 7.57. The topological polar surface area (TPSA) is 21.3 Å². The molecule has 2 atom stereocenters. The highest BCUT2D eigenvalue weighted by molar-refractivity contribution is 5.40. The van der Waals surface area contributed by atoms with Gasteiger partial charge in [0.1, 0.15) is 5.75 Å². The van der Waals surface area contributed by atoms with Crippen molar-refractivity contribution in [2.45, 2.75) is 52.1 Å². The van der Waals surface area contributed by atoms with Gasteiger partial charge in [-0.25, -0.2) is 0 Å². The van der Waals surface area contributed by atoms with Crippen LogP contribution in [-0.2, 0) is 6.42 Å². The highest BCUT2D eigenvalue weighted by Crippen LogP contribution is 2.28. The predicted octanol–water partition coefficient (Wildman–Crippen LogP) is 3.46. The molecule has 0 aromatic heterocycles. The summed E-state index contributed by atoms with van der Waals surface area (Å²) >= 11 is 0. The van der Waals surface area contributed by atoms with Crippen LogP contribution in [0.5, 0.6) is 5.75 Å². The maximum absolute atomic E-state index is 5.53. The van der Waals surface area contributed by atoms with Crippen LogP contribution < -0.4 is 10.1 Å². The molecule has 1 N–H and O–H groups in total. The van der Waals surface area contributed by atoms with Crippen molar-refractivity contribution in [3.63, 3.8) is 0 Å². The summed E-state index contributed by atoms with van der Waals surface area (Å²) < 4.78 is 5.53. The Morgan fingerprint density at radius 2 is 2.18 bits per heavy atom. The maximum Gasteiger partial charge on any atom is 0.122 e. The Kier molecular flexibility index (Phi) is 4.06. The average molecular weight is 233 g/mol. The van der Waals surface area contributed by atoms with Gasteiger partial charge in [0.2, 0.25) is 0 Å². The first-order valence-corrected chi connectivity index (χ1v) is 6.72.